The first-order chi connectivity index (χ1) is 6.63. The van der Waals surface area contributed by atoms with Crippen molar-refractivity contribution >= 4 is 5.97 Å². The Morgan fingerprint density at radius 1 is 1.71 bits per heavy atom. The Morgan fingerprint density at radius 3 is 3.00 bits per heavy atom. The summed E-state index contributed by atoms with van der Waals surface area (Å²) >= 11 is 0. The van der Waals surface area contributed by atoms with E-state index in [0.29, 0.717) is 18.9 Å². The Bertz CT molecular complexity index is 308. The van der Waals surface area contributed by atoms with E-state index in [1.165, 1.54) is 0 Å². The van der Waals surface area contributed by atoms with E-state index in [1.807, 2.05) is 6.92 Å². The van der Waals surface area contributed by atoms with Crippen LogP contribution in [0, 0.1) is 0 Å². The minimum absolute atomic E-state index is 0.0157. The molecule has 6 heteroatoms. The van der Waals surface area contributed by atoms with Crippen LogP contribution in [0.2, 0.25) is 0 Å². The fraction of sp³-hybridized carbons (Fsp3) is 0.625. The molecule has 0 radical (unpaired) electrons. The summed E-state index contributed by atoms with van der Waals surface area (Å²) in [5, 5.41) is 6.36. The summed E-state index contributed by atoms with van der Waals surface area (Å²) in [6.45, 7) is 3.90. The number of hydrogen-bond donors (Lipinski definition) is 2. The number of nitrogens with one attached hydrogen (secondary N) is 1. The second-order valence-corrected chi connectivity index (χ2v) is 3.01. The van der Waals surface area contributed by atoms with Crippen molar-refractivity contribution in [2.45, 2.75) is 26.3 Å². The zero-order chi connectivity index (χ0) is 10.6. The van der Waals surface area contributed by atoms with E-state index in [4.69, 9.17) is 10.5 Å². The SMILES string of the molecule is CCOC(=O)c1n[nH]c(CC(C)N)n1. The molecule has 0 bridgehead atoms. The van der Waals surface area contributed by atoms with Gasteiger partial charge in [-0.1, -0.05) is 0 Å². The molecule has 6 nitrogen and oxygen atoms in total. The molecule has 0 saturated heterocycles. The van der Waals surface area contributed by atoms with Crippen LogP contribution in [0.25, 0.3) is 0 Å². The summed E-state index contributed by atoms with van der Waals surface area (Å²) in [5.74, 6) is 0.144. The van der Waals surface area contributed by atoms with Gasteiger partial charge in [0.2, 0.25) is 0 Å². The van der Waals surface area contributed by atoms with Crippen molar-refractivity contribution in [2.75, 3.05) is 6.61 Å². The van der Waals surface area contributed by atoms with Crippen molar-refractivity contribution in [1.82, 2.24) is 15.2 Å². The number of carbonyl (C=O) groups excluding carboxylic acids is 1. The standard InChI is InChI=1S/C8H14N4O2/c1-3-14-8(13)7-10-6(11-12-7)4-5(2)9/h5H,3-4,9H2,1-2H3,(H,10,11,12). The molecule has 1 unspecified atom stereocenters. The normalized spacial score (nSPS) is 12.5. The molecule has 3 N–H and O–H groups in total. The van der Waals surface area contributed by atoms with Gasteiger partial charge in [0.1, 0.15) is 5.82 Å². The van der Waals surface area contributed by atoms with Crippen LogP contribution in [-0.2, 0) is 11.2 Å². The number of esters is 1. The maximum Gasteiger partial charge on any atom is 0.378 e. The summed E-state index contributed by atoms with van der Waals surface area (Å²) in [7, 11) is 0. The maximum absolute atomic E-state index is 11.1. The number of nitrogens with zero attached hydrogens (tertiary/aromatic N) is 2. The van der Waals surface area contributed by atoms with Crippen LogP contribution in [0.4, 0.5) is 0 Å². The highest BCUT2D eigenvalue weighted by Crippen LogP contribution is 1.98. The van der Waals surface area contributed by atoms with Gasteiger partial charge < -0.3 is 10.5 Å². The van der Waals surface area contributed by atoms with Gasteiger partial charge in [-0.25, -0.2) is 9.78 Å². The van der Waals surface area contributed by atoms with Gasteiger partial charge in [0.05, 0.1) is 6.61 Å². The molecule has 0 aliphatic rings. The van der Waals surface area contributed by atoms with Crippen molar-refractivity contribution in [1.29, 1.82) is 0 Å². The fourth-order valence-electron chi connectivity index (χ4n) is 0.979. The van der Waals surface area contributed by atoms with Crippen LogP contribution in [-0.4, -0.2) is 33.8 Å². The average Bonchev–Trinajstić information content (AvgIpc) is 2.52. The third-order valence-electron chi connectivity index (χ3n) is 1.51. The molecule has 1 atom stereocenters. The summed E-state index contributed by atoms with van der Waals surface area (Å²) in [4.78, 5) is 15.1. The molecule has 14 heavy (non-hydrogen) atoms. The Balaban J connectivity index is 2.63. The third-order valence-corrected chi connectivity index (χ3v) is 1.51. The first kappa shape index (κ1) is 10.6. The van der Waals surface area contributed by atoms with Crippen LogP contribution >= 0.6 is 0 Å². The van der Waals surface area contributed by atoms with E-state index in [2.05, 4.69) is 15.2 Å². The number of ether oxygens (including phenoxy) is 1. The second kappa shape index (κ2) is 4.71. The monoisotopic (exact) mass is 198 g/mol. The average molecular weight is 198 g/mol. The van der Waals surface area contributed by atoms with Gasteiger partial charge in [-0.15, -0.1) is 5.10 Å². The number of H-pyrrole nitrogens is 1. The van der Waals surface area contributed by atoms with E-state index in [-0.39, 0.29) is 11.9 Å². The van der Waals surface area contributed by atoms with Crippen LogP contribution in [0.3, 0.4) is 0 Å². The molecule has 0 spiro atoms. The highest BCUT2D eigenvalue weighted by atomic mass is 16.5. The van der Waals surface area contributed by atoms with Crippen LogP contribution in [0.1, 0.15) is 30.3 Å². The minimum Gasteiger partial charge on any atom is -0.460 e. The first-order valence-electron chi connectivity index (χ1n) is 4.47. The lowest BCUT2D eigenvalue weighted by Crippen LogP contribution is -2.18. The maximum atomic E-state index is 11.1. The molecule has 0 fully saturated rings. The van der Waals surface area contributed by atoms with Crippen LogP contribution in [0.5, 0.6) is 0 Å². The fourth-order valence-corrected chi connectivity index (χ4v) is 0.979. The molecule has 0 aliphatic heterocycles. The van der Waals surface area contributed by atoms with Gasteiger partial charge in [-0.2, -0.15) is 0 Å². The van der Waals surface area contributed by atoms with Crippen molar-refractivity contribution in [3.63, 3.8) is 0 Å². The summed E-state index contributed by atoms with van der Waals surface area (Å²) in [5.41, 5.74) is 5.56. The largest absolute Gasteiger partial charge is 0.460 e. The van der Waals surface area contributed by atoms with E-state index >= 15 is 0 Å². The highest BCUT2D eigenvalue weighted by Gasteiger charge is 2.13. The molecule has 78 valence electrons. The Kier molecular flexibility index (Phi) is 3.58. The number of aromatic amines is 1. The molecule has 0 aromatic carbocycles. The number of carbonyl (C=O) groups is 1. The summed E-state index contributed by atoms with van der Waals surface area (Å²) in [6, 6.07) is -0.0157. The topological polar surface area (TPSA) is 93.9 Å². The smallest absolute Gasteiger partial charge is 0.378 e. The predicted molar refractivity (Wildman–Crippen MR) is 49.7 cm³/mol. The molecule has 0 amide bonds. The zero-order valence-electron chi connectivity index (χ0n) is 8.28. The quantitative estimate of drug-likeness (QED) is 0.657. The second-order valence-electron chi connectivity index (χ2n) is 3.01. The van der Waals surface area contributed by atoms with Crippen molar-refractivity contribution in [2.24, 2.45) is 5.73 Å². The van der Waals surface area contributed by atoms with Crippen molar-refractivity contribution in [3.05, 3.63) is 11.6 Å². The molecule has 1 aromatic rings. The molecule has 1 rings (SSSR count). The van der Waals surface area contributed by atoms with Gasteiger partial charge in [-0.05, 0) is 13.8 Å². The number of nitrogens with two attached hydrogens (primary N) is 1. The third kappa shape index (κ3) is 2.81. The summed E-state index contributed by atoms with van der Waals surface area (Å²) in [6.07, 6.45) is 0.562. The van der Waals surface area contributed by atoms with E-state index in [0.717, 1.165) is 0 Å². The predicted octanol–water partition coefficient (Wildman–Crippen LogP) is -0.129. The zero-order valence-corrected chi connectivity index (χ0v) is 8.28. The highest BCUT2D eigenvalue weighted by molar-refractivity contribution is 5.84. The van der Waals surface area contributed by atoms with Gasteiger partial charge in [0.25, 0.3) is 5.82 Å². The van der Waals surface area contributed by atoms with Gasteiger partial charge >= 0.3 is 5.97 Å². The Hall–Kier alpha value is -1.43. The number of aromatic nitrogens is 3. The molecule has 1 aromatic heterocycles. The first-order valence-corrected chi connectivity index (χ1v) is 4.47. The number of rotatable bonds is 4. The van der Waals surface area contributed by atoms with Crippen molar-refractivity contribution < 1.29 is 9.53 Å². The molecule has 0 saturated carbocycles. The Labute approximate surface area is 81.9 Å². The van der Waals surface area contributed by atoms with E-state index in [9.17, 15) is 4.79 Å². The molecular formula is C8H14N4O2. The lowest BCUT2D eigenvalue weighted by molar-refractivity contribution is 0.0512. The lowest BCUT2D eigenvalue weighted by Gasteiger charge is -1.98. The Morgan fingerprint density at radius 2 is 2.43 bits per heavy atom. The van der Waals surface area contributed by atoms with Gasteiger partial charge in [0, 0.05) is 12.5 Å². The lowest BCUT2D eigenvalue weighted by atomic mass is 10.2. The van der Waals surface area contributed by atoms with Gasteiger partial charge in [-0.3, -0.25) is 5.10 Å². The van der Waals surface area contributed by atoms with Gasteiger partial charge in [0.15, 0.2) is 0 Å². The molecule has 1 heterocycles. The minimum atomic E-state index is -0.514. The van der Waals surface area contributed by atoms with Crippen molar-refractivity contribution in [3.8, 4) is 0 Å². The number of hydrogen-bond acceptors (Lipinski definition) is 5. The van der Waals surface area contributed by atoms with E-state index in [1.54, 1.807) is 6.92 Å². The van der Waals surface area contributed by atoms with Crippen LogP contribution in [0.15, 0.2) is 0 Å². The summed E-state index contributed by atoms with van der Waals surface area (Å²) < 4.78 is 4.73. The van der Waals surface area contributed by atoms with E-state index < -0.39 is 5.97 Å². The van der Waals surface area contributed by atoms with Crippen LogP contribution < -0.4 is 5.73 Å². The molecular weight excluding hydrogens is 184 g/mol. The molecule has 0 aliphatic carbocycles.